The zero-order chi connectivity index (χ0) is 14.5. The zero-order valence-electron chi connectivity index (χ0n) is 11.2. The Labute approximate surface area is 128 Å². The van der Waals surface area contributed by atoms with E-state index in [1.54, 1.807) is 34.4 Å². The van der Waals surface area contributed by atoms with E-state index in [0.717, 1.165) is 12.0 Å². The normalized spacial score (nSPS) is 10.2. The second-order valence-electron chi connectivity index (χ2n) is 4.50. The molecule has 2 N–H and O–H groups in total. The minimum atomic E-state index is -0.0142. The van der Waals surface area contributed by atoms with Crippen molar-refractivity contribution in [3.05, 3.63) is 57.8 Å². The van der Waals surface area contributed by atoms with E-state index < -0.39 is 0 Å². The molecule has 0 saturated heterocycles. The average molecular weight is 304 g/mol. The summed E-state index contributed by atoms with van der Waals surface area (Å²) in [5.74, 6) is -0.0142. The lowest BCUT2D eigenvalue weighted by Gasteiger charge is -2.17. The van der Waals surface area contributed by atoms with Crippen molar-refractivity contribution in [3.8, 4) is 0 Å². The van der Waals surface area contributed by atoms with Gasteiger partial charge in [-0.25, -0.2) is 0 Å². The summed E-state index contributed by atoms with van der Waals surface area (Å²) in [6.07, 6.45) is 0.870. The smallest absolute Gasteiger partial charge is 0.253 e. The Balaban J connectivity index is 2.02. The second-order valence-corrected chi connectivity index (χ2v) is 5.97. The topological polar surface area (TPSA) is 46.3 Å². The molecule has 0 aliphatic rings. The molecule has 2 aromatic rings. The number of rotatable bonds is 5. The Kier molecular flexibility index (Phi) is 4.87. The predicted octanol–water partition coefficient (Wildman–Crippen LogP) is 2.70. The largest absolute Gasteiger partial charge is 0.389 e. The van der Waals surface area contributed by atoms with E-state index in [1.807, 2.05) is 24.6 Å². The third kappa shape index (κ3) is 3.65. The number of nitrogens with two attached hydrogens (primary N) is 1. The van der Waals surface area contributed by atoms with E-state index in [4.69, 9.17) is 18.0 Å². The van der Waals surface area contributed by atoms with Gasteiger partial charge >= 0.3 is 0 Å². The van der Waals surface area contributed by atoms with Crippen LogP contribution in [0.25, 0.3) is 0 Å². The quantitative estimate of drug-likeness (QED) is 0.864. The number of benzene rings is 1. The van der Waals surface area contributed by atoms with Crippen molar-refractivity contribution in [1.29, 1.82) is 0 Å². The molecule has 0 aliphatic heterocycles. The fourth-order valence-electron chi connectivity index (χ4n) is 1.86. The third-order valence-corrected chi connectivity index (χ3v) is 4.19. The van der Waals surface area contributed by atoms with Crippen molar-refractivity contribution in [2.75, 3.05) is 13.6 Å². The number of hydrogen-bond acceptors (Lipinski definition) is 3. The Bertz CT molecular complexity index is 608. The molecule has 1 amide bonds. The van der Waals surface area contributed by atoms with Crippen LogP contribution in [0.15, 0.2) is 41.8 Å². The molecule has 1 heterocycles. The van der Waals surface area contributed by atoms with Gasteiger partial charge in [-0.05, 0) is 30.0 Å². The Morgan fingerprint density at radius 2 is 2.05 bits per heavy atom. The van der Waals surface area contributed by atoms with Gasteiger partial charge in [0.05, 0.1) is 0 Å². The maximum Gasteiger partial charge on any atom is 0.253 e. The lowest BCUT2D eigenvalue weighted by Crippen LogP contribution is -2.29. The Morgan fingerprint density at radius 3 is 2.70 bits per heavy atom. The van der Waals surface area contributed by atoms with E-state index in [-0.39, 0.29) is 5.91 Å². The molecule has 1 aromatic heterocycles. The van der Waals surface area contributed by atoms with Gasteiger partial charge in [0.25, 0.3) is 5.91 Å². The van der Waals surface area contributed by atoms with Crippen LogP contribution in [0.4, 0.5) is 0 Å². The molecule has 20 heavy (non-hydrogen) atoms. The van der Waals surface area contributed by atoms with Crippen molar-refractivity contribution in [2.24, 2.45) is 5.73 Å². The number of amides is 1. The molecule has 3 nitrogen and oxygen atoms in total. The summed E-state index contributed by atoms with van der Waals surface area (Å²) in [6.45, 7) is 0.691. The Hall–Kier alpha value is -1.72. The molecular weight excluding hydrogens is 288 g/mol. The van der Waals surface area contributed by atoms with Crippen LogP contribution >= 0.6 is 23.6 Å². The first-order chi connectivity index (χ1) is 9.58. The van der Waals surface area contributed by atoms with Gasteiger partial charge < -0.3 is 10.6 Å². The maximum atomic E-state index is 12.3. The van der Waals surface area contributed by atoms with Crippen LogP contribution in [-0.4, -0.2) is 29.4 Å². The van der Waals surface area contributed by atoms with E-state index in [0.29, 0.717) is 17.1 Å². The number of hydrogen-bond donors (Lipinski definition) is 1. The summed E-state index contributed by atoms with van der Waals surface area (Å²) in [5.41, 5.74) is 6.92. The molecule has 104 valence electrons. The average Bonchev–Trinajstić information content (AvgIpc) is 2.97. The van der Waals surface area contributed by atoms with Crippen LogP contribution in [0.1, 0.15) is 20.8 Å². The Morgan fingerprint density at radius 1 is 1.30 bits per heavy atom. The molecule has 0 spiro atoms. The minimum Gasteiger partial charge on any atom is -0.389 e. The van der Waals surface area contributed by atoms with Crippen LogP contribution in [0.3, 0.4) is 0 Å². The number of nitrogens with zero attached hydrogens (tertiary/aromatic N) is 1. The minimum absolute atomic E-state index is 0.0142. The highest BCUT2D eigenvalue weighted by atomic mass is 32.1. The molecule has 0 saturated carbocycles. The van der Waals surface area contributed by atoms with Crippen molar-refractivity contribution >= 4 is 34.5 Å². The first-order valence-corrected chi connectivity index (χ1v) is 7.54. The monoisotopic (exact) mass is 304 g/mol. The lowest BCUT2D eigenvalue weighted by molar-refractivity contribution is 0.0797. The van der Waals surface area contributed by atoms with Gasteiger partial charge in [0.2, 0.25) is 0 Å². The second kappa shape index (κ2) is 6.63. The van der Waals surface area contributed by atoms with Crippen LogP contribution in [0.5, 0.6) is 0 Å². The summed E-state index contributed by atoms with van der Waals surface area (Å²) in [6, 6.07) is 11.2. The fraction of sp³-hybridized carbons (Fsp3) is 0.200. The first kappa shape index (κ1) is 14.7. The number of likely N-dealkylation sites (N-methyl/N-ethyl adjacent to an activating group) is 1. The molecule has 0 bridgehead atoms. The van der Waals surface area contributed by atoms with Gasteiger partial charge in [-0.15, -0.1) is 11.3 Å². The lowest BCUT2D eigenvalue weighted by atomic mass is 10.1. The van der Waals surface area contributed by atoms with Crippen LogP contribution in [0.2, 0.25) is 0 Å². The predicted molar refractivity (Wildman–Crippen MR) is 87.3 cm³/mol. The van der Waals surface area contributed by atoms with E-state index in [9.17, 15) is 4.79 Å². The highest BCUT2D eigenvalue weighted by molar-refractivity contribution is 7.80. The third-order valence-electron chi connectivity index (χ3n) is 3.01. The van der Waals surface area contributed by atoms with Gasteiger partial charge in [-0.1, -0.05) is 30.4 Å². The molecule has 1 aromatic carbocycles. The molecule has 0 unspecified atom stereocenters. The number of carbonyl (C=O) groups excluding carboxylic acids is 1. The van der Waals surface area contributed by atoms with Gasteiger partial charge in [-0.2, -0.15) is 0 Å². The number of thiophene rings is 1. The molecule has 0 atom stereocenters. The van der Waals surface area contributed by atoms with Crippen LogP contribution in [-0.2, 0) is 6.42 Å². The van der Waals surface area contributed by atoms with Gasteiger partial charge in [0.15, 0.2) is 0 Å². The van der Waals surface area contributed by atoms with Crippen molar-refractivity contribution in [2.45, 2.75) is 6.42 Å². The van der Waals surface area contributed by atoms with Gasteiger partial charge in [0, 0.05) is 29.6 Å². The SMILES string of the molecule is CN(CCc1cccs1)C(=O)c1cccc(C(N)=S)c1. The summed E-state index contributed by atoms with van der Waals surface area (Å²) < 4.78 is 0. The highest BCUT2D eigenvalue weighted by Crippen LogP contribution is 2.11. The molecule has 0 fully saturated rings. The molecule has 0 radical (unpaired) electrons. The molecular formula is C15H16N2OS2. The first-order valence-electron chi connectivity index (χ1n) is 6.25. The number of carbonyl (C=O) groups is 1. The zero-order valence-corrected chi connectivity index (χ0v) is 12.8. The molecule has 0 aliphatic carbocycles. The van der Waals surface area contributed by atoms with Crippen LogP contribution in [0, 0.1) is 0 Å². The summed E-state index contributed by atoms with van der Waals surface area (Å²) in [7, 11) is 1.81. The summed E-state index contributed by atoms with van der Waals surface area (Å²) in [4.78, 5) is 15.6. The van der Waals surface area contributed by atoms with E-state index in [1.165, 1.54) is 4.88 Å². The maximum absolute atomic E-state index is 12.3. The summed E-state index contributed by atoms with van der Waals surface area (Å²) in [5, 5.41) is 2.04. The standard InChI is InChI=1S/C15H16N2OS2/c1-17(8-7-13-6-3-9-20-13)15(18)12-5-2-4-11(10-12)14(16)19/h2-6,9-10H,7-8H2,1H3,(H2,16,19). The number of thiocarbonyl (C=S) groups is 1. The highest BCUT2D eigenvalue weighted by Gasteiger charge is 2.12. The van der Waals surface area contributed by atoms with Crippen molar-refractivity contribution in [1.82, 2.24) is 4.90 Å². The van der Waals surface area contributed by atoms with Gasteiger partial charge in [-0.3, -0.25) is 4.79 Å². The fourth-order valence-corrected chi connectivity index (χ4v) is 2.69. The molecule has 2 rings (SSSR count). The van der Waals surface area contributed by atoms with Crippen molar-refractivity contribution < 1.29 is 4.79 Å². The summed E-state index contributed by atoms with van der Waals surface area (Å²) >= 11 is 6.64. The van der Waals surface area contributed by atoms with Crippen LogP contribution < -0.4 is 5.73 Å². The van der Waals surface area contributed by atoms with Crippen molar-refractivity contribution in [3.63, 3.8) is 0 Å². The van der Waals surface area contributed by atoms with E-state index >= 15 is 0 Å². The van der Waals surface area contributed by atoms with Gasteiger partial charge in [0.1, 0.15) is 4.99 Å². The molecule has 5 heteroatoms. The van der Waals surface area contributed by atoms with E-state index in [2.05, 4.69) is 6.07 Å².